The molecule has 1 aliphatic carbocycles. The van der Waals surface area contributed by atoms with Crippen molar-refractivity contribution in [3.8, 4) is 5.75 Å². The minimum absolute atomic E-state index is 0.0377. The summed E-state index contributed by atoms with van der Waals surface area (Å²) in [6.07, 6.45) is 5.63. The van der Waals surface area contributed by atoms with Crippen molar-refractivity contribution in [2.45, 2.75) is 38.5 Å². The van der Waals surface area contributed by atoms with Gasteiger partial charge < -0.3 is 15.0 Å². The van der Waals surface area contributed by atoms with Gasteiger partial charge in [-0.25, -0.2) is 0 Å². The molecule has 1 N–H and O–H groups in total. The van der Waals surface area contributed by atoms with Gasteiger partial charge in [0.15, 0.2) is 0 Å². The summed E-state index contributed by atoms with van der Waals surface area (Å²) < 4.78 is 5.22. The first-order valence-electron chi connectivity index (χ1n) is 9.37. The summed E-state index contributed by atoms with van der Waals surface area (Å²) in [6, 6.07) is 7.92. The first kappa shape index (κ1) is 17.8. The lowest BCUT2D eigenvalue weighted by Crippen LogP contribution is -2.46. The van der Waals surface area contributed by atoms with Gasteiger partial charge in [-0.3, -0.25) is 9.59 Å². The van der Waals surface area contributed by atoms with Crippen LogP contribution in [0.25, 0.3) is 0 Å². The van der Waals surface area contributed by atoms with Crippen LogP contribution in [-0.4, -0.2) is 43.5 Å². The molecule has 5 nitrogen and oxygen atoms in total. The number of amides is 2. The van der Waals surface area contributed by atoms with Gasteiger partial charge in [0, 0.05) is 31.5 Å². The molecule has 2 aliphatic rings. The number of nitrogens with one attached hydrogen (secondary N) is 1. The van der Waals surface area contributed by atoms with Crippen LogP contribution in [0, 0.1) is 11.8 Å². The number of piperidine rings is 1. The Kier molecular flexibility index (Phi) is 5.95. The highest BCUT2D eigenvalue weighted by atomic mass is 16.5. The minimum atomic E-state index is 0.0377. The lowest BCUT2D eigenvalue weighted by Gasteiger charge is -2.36. The molecule has 25 heavy (non-hydrogen) atoms. The van der Waals surface area contributed by atoms with Crippen LogP contribution in [0.3, 0.4) is 0 Å². The molecular formula is C20H28N2O3. The Balaban J connectivity index is 1.38. The van der Waals surface area contributed by atoms with E-state index < -0.39 is 0 Å². The van der Waals surface area contributed by atoms with Gasteiger partial charge in [0.1, 0.15) is 5.75 Å². The number of likely N-dealkylation sites (tertiary alicyclic amines) is 1. The summed E-state index contributed by atoms with van der Waals surface area (Å²) in [5, 5.41) is 3.04. The van der Waals surface area contributed by atoms with Gasteiger partial charge in [0.25, 0.3) is 0 Å². The van der Waals surface area contributed by atoms with E-state index in [1.165, 1.54) is 6.42 Å². The second-order valence-electron chi connectivity index (χ2n) is 7.12. The third kappa shape index (κ3) is 4.53. The van der Waals surface area contributed by atoms with Crippen molar-refractivity contribution in [3.05, 3.63) is 29.8 Å². The molecule has 0 aromatic heterocycles. The smallest absolute Gasteiger partial charge is 0.225 e. The Morgan fingerprint density at radius 3 is 2.56 bits per heavy atom. The Labute approximate surface area is 149 Å². The van der Waals surface area contributed by atoms with Gasteiger partial charge in [-0.05, 0) is 49.8 Å². The second kappa shape index (κ2) is 8.37. The molecule has 0 atom stereocenters. The number of hydrogen-bond acceptors (Lipinski definition) is 3. The quantitative estimate of drug-likeness (QED) is 0.862. The van der Waals surface area contributed by atoms with Gasteiger partial charge in [-0.2, -0.15) is 0 Å². The van der Waals surface area contributed by atoms with Crippen molar-refractivity contribution >= 4 is 11.8 Å². The molecule has 0 unspecified atom stereocenters. The van der Waals surface area contributed by atoms with Gasteiger partial charge in [0.2, 0.25) is 11.8 Å². The number of carbonyl (C=O) groups is 2. The van der Waals surface area contributed by atoms with Crippen LogP contribution < -0.4 is 10.1 Å². The topological polar surface area (TPSA) is 58.6 Å². The minimum Gasteiger partial charge on any atom is -0.497 e. The number of methoxy groups -OCH3 is 1. The Morgan fingerprint density at radius 2 is 1.92 bits per heavy atom. The summed E-state index contributed by atoms with van der Waals surface area (Å²) in [6.45, 7) is 2.08. The first-order chi connectivity index (χ1) is 12.2. The maximum absolute atomic E-state index is 12.3. The third-order valence-corrected chi connectivity index (χ3v) is 5.48. The molecule has 136 valence electrons. The number of benzene rings is 1. The largest absolute Gasteiger partial charge is 0.497 e. The van der Waals surface area contributed by atoms with Gasteiger partial charge >= 0.3 is 0 Å². The summed E-state index contributed by atoms with van der Waals surface area (Å²) in [7, 11) is 1.66. The number of ether oxygens (including phenoxy) is 1. The van der Waals surface area contributed by atoms with Crippen LogP contribution in [0.4, 0.5) is 0 Å². The zero-order valence-corrected chi connectivity index (χ0v) is 15.0. The molecule has 1 aromatic carbocycles. The van der Waals surface area contributed by atoms with Crippen LogP contribution in [0.1, 0.15) is 37.7 Å². The maximum atomic E-state index is 12.3. The highest BCUT2D eigenvalue weighted by Crippen LogP contribution is 2.30. The molecule has 3 rings (SSSR count). The molecule has 1 saturated carbocycles. The molecule has 0 radical (unpaired) electrons. The molecule has 1 heterocycles. The van der Waals surface area contributed by atoms with Crippen LogP contribution in [-0.2, 0) is 16.0 Å². The molecule has 1 saturated heterocycles. The number of hydrogen-bond donors (Lipinski definition) is 1. The van der Waals surface area contributed by atoms with E-state index >= 15 is 0 Å². The molecule has 5 heteroatoms. The van der Waals surface area contributed by atoms with E-state index in [9.17, 15) is 9.59 Å². The second-order valence-corrected chi connectivity index (χ2v) is 7.12. The molecule has 1 aliphatic heterocycles. The zero-order chi connectivity index (χ0) is 17.6. The van der Waals surface area contributed by atoms with Crippen molar-refractivity contribution in [2.75, 3.05) is 26.7 Å². The molecular weight excluding hydrogens is 316 g/mol. The predicted molar refractivity (Wildman–Crippen MR) is 96.4 cm³/mol. The van der Waals surface area contributed by atoms with E-state index in [0.29, 0.717) is 12.5 Å². The average molecular weight is 344 g/mol. The van der Waals surface area contributed by atoms with Crippen molar-refractivity contribution < 1.29 is 14.3 Å². The Bertz CT molecular complexity index is 605. The highest BCUT2D eigenvalue weighted by molar-refractivity contribution is 5.81. The fraction of sp³-hybridized carbons (Fsp3) is 0.600. The SMILES string of the molecule is COc1cccc(CCNC(=O)C2CCN(C(=O)C3CCC3)CC2)c1. The lowest BCUT2D eigenvalue weighted by atomic mass is 9.83. The molecule has 0 bridgehead atoms. The van der Waals surface area contributed by atoms with Crippen molar-refractivity contribution in [3.63, 3.8) is 0 Å². The Morgan fingerprint density at radius 1 is 1.16 bits per heavy atom. The normalized spacial score (nSPS) is 18.5. The summed E-state index contributed by atoms with van der Waals surface area (Å²) in [5.41, 5.74) is 1.15. The maximum Gasteiger partial charge on any atom is 0.225 e. The number of carbonyl (C=O) groups excluding carboxylic acids is 2. The fourth-order valence-electron chi connectivity index (χ4n) is 3.58. The third-order valence-electron chi connectivity index (χ3n) is 5.48. The molecule has 2 amide bonds. The monoisotopic (exact) mass is 344 g/mol. The summed E-state index contributed by atoms with van der Waals surface area (Å²) in [5.74, 6) is 1.57. The average Bonchev–Trinajstić information content (AvgIpc) is 2.60. The fourth-order valence-corrected chi connectivity index (χ4v) is 3.58. The van der Waals surface area contributed by atoms with Crippen molar-refractivity contribution in [1.29, 1.82) is 0 Å². The van der Waals surface area contributed by atoms with Gasteiger partial charge in [-0.15, -0.1) is 0 Å². The van der Waals surface area contributed by atoms with Crippen molar-refractivity contribution in [2.24, 2.45) is 11.8 Å². The standard InChI is InChI=1S/C20H28N2O3/c1-25-18-7-2-4-15(14-18)8-11-21-19(23)16-9-12-22(13-10-16)20(24)17-5-3-6-17/h2,4,7,14,16-17H,3,5-6,8-13H2,1H3,(H,21,23). The predicted octanol–water partition coefficient (Wildman–Crippen LogP) is 2.39. The summed E-state index contributed by atoms with van der Waals surface area (Å²) >= 11 is 0. The molecule has 1 aromatic rings. The van der Waals surface area contributed by atoms with Crippen LogP contribution in [0.15, 0.2) is 24.3 Å². The van der Waals surface area contributed by atoms with E-state index in [1.807, 2.05) is 29.2 Å². The zero-order valence-electron chi connectivity index (χ0n) is 15.0. The first-order valence-corrected chi connectivity index (χ1v) is 9.37. The van der Waals surface area contributed by atoms with Crippen LogP contribution in [0.2, 0.25) is 0 Å². The molecule has 0 spiro atoms. The van der Waals surface area contributed by atoms with Gasteiger partial charge in [-0.1, -0.05) is 18.6 Å². The van der Waals surface area contributed by atoms with Gasteiger partial charge in [0.05, 0.1) is 7.11 Å². The summed E-state index contributed by atoms with van der Waals surface area (Å²) in [4.78, 5) is 26.6. The number of nitrogens with zero attached hydrogens (tertiary/aromatic N) is 1. The highest BCUT2D eigenvalue weighted by Gasteiger charge is 2.33. The van der Waals surface area contributed by atoms with E-state index in [4.69, 9.17) is 4.74 Å². The Hall–Kier alpha value is -2.04. The van der Waals surface area contributed by atoms with Crippen LogP contribution in [0.5, 0.6) is 5.75 Å². The molecule has 2 fully saturated rings. The van der Waals surface area contributed by atoms with Crippen LogP contribution >= 0.6 is 0 Å². The van der Waals surface area contributed by atoms with E-state index in [2.05, 4.69) is 5.32 Å². The van der Waals surface area contributed by atoms with Crippen molar-refractivity contribution in [1.82, 2.24) is 10.2 Å². The van der Waals surface area contributed by atoms with E-state index in [1.54, 1.807) is 7.11 Å². The van der Waals surface area contributed by atoms with E-state index in [-0.39, 0.29) is 17.7 Å². The number of rotatable bonds is 6. The van der Waals surface area contributed by atoms with E-state index in [0.717, 1.165) is 56.5 Å². The lowest BCUT2D eigenvalue weighted by molar-refractivity contribution is -0.141.